The van der Waals surface area contributed by atoms with E-state index in [0.29, 0.717) is 5.39 Å². The monoisotopic (exact) mass is 472 g/mol. The number of rotatable bonds is 9. The summed E-state index contributed by atoms with van der Waals surface area (Å²) in [5, 5.41) is 0.514. The molecule has 0 spiro atoms. The molecule has 3 rings (SSSR count). The normalized spacial score (nSPS) is 14.3. The van der Waals surface area contributed by atoms with Gasteiger partial charge in [-0.05, 0) is 31.0 Å². The first-order valence-electron chi connectivity index (χ1n) is 10.2. The molecule has 7 nitrogen and oxygen atoms in total. The molecular weight excluding hydrogens is 449 g/mol. The third-order valence-electron chi connectivity index (χ3n) is 5.21. The Morgan fingerprint density at radius 2 is 1.50 bits per heavy atom. The summed E-state index contributed by atoms with van der Waals surface area (Å²) in [6.07, 6.45) is 3.81. The van der Waals surface area contributed by atoms with E-state index in [9.17, 15) is 31.2 Å². The number of nitrogens with zero attached hydrogens (tertiary/aromatic N) is 2. The van der Waals surface area contributed by atoms with Gasteiger partial charge in [-0.25, -0.2) is 0 Å². The summed E-state index contributed by atoms with van der Waals surface area (Å²) in [5.41, 5.74) is -5.21. The van der Waals surface area contributed by atoms with Crippen molar-refractivity contribution in [2.45, 2.75) is 45.0 Å². The van der Waals surface area contributed by atoms with Crippen molar-refractivity contribution in [2.75, 3.05) is 18.0 Å². The first-order chi connectivity index (χ1) is 15.0. The maximum Gasteiger partial charge on any atom is 0.525 e. The van der Waals surface area contributed by atoms with Gasteiger partial charge in [0.05, 0.1) is 11.1 Å². The first kappa shape index (κ1) is 24.0. The number of halogens is 3. The van der Waals surface area contributed by atoms with Crippen LogP contribution in [0.4, 0.5) is 18.9 Å². The molecule has 2 aromatic carbocycles. The van der Waals surface area contributed by atoms with Crippen molar-refractivity contribution in [3.8, 4) is 0 Å². The van der Waals surface area contributed by atoms with Crippen LogP contribution in [0.25, 0.3) is 10.8 Å². The van der Waals surface area contributed by atoms with Crippen LogP contribution in [0.1, 0.15) is 60.2 Å². The average molecular weight is 472 g/mol. The first-order valence-corrected chi connectivity index (χ1v) is 11.6. The number of carbonyl (C=O) groups excluding carboxylic acids is 2. The maximum atomic E-state index is 12.8. The molecule has 174 valence electrons. The largest absolute Gasteiger partial charge is 0.525 e. The number of hydrogen-bond donors (Lipinski definition) is 0. The van der Waals surface area contributed by atoms with Gasteiger partial charge in [0.1, 0.15) is 0 Å². The SMILES string of the molecule is CCCCN(CCCC)c1ccc2c3c(cccc13)C(=O)N(OS(=O)(=O)C(F)(F)F)C2=O. The molecule has 0 saturated heterocycles. The highest BCUT2D eigenvalue weighted by molar-refractivity contribution is 7.87. The molecule has 0 radical (unpaired) electrons. The van der Waals surface area contributed by atoms with Gasteiger partial charge >= 0.3 is 15.6 Å². The van der Waals surface area contributed by atoms with Gasteiger partial charge in [-0.3, -0.25) is 9.59 Å². The zero-order chi connectivity index (χ0) is 23.7. The topological polar surface area (TPSA) is 84.0 Å². The highest BCUT2D eigenvalue weighted by atomic mass is 32.2. The Morgan fingerprint density at radius 1 is 0.938 bits per heavy atom. The Labute approximate surface area is 183 Å². The molecule has 32 heavy (non-hydrogen) atoms. The van der Waals surface area contributed by atoms with Crippen LogP contribution < -0.4 is 4.90 Å². The predicted molar refractivity (Wildman–Crippen MR) is 113 cm³/mol. The number of hydroxylamine groups is 2. The Hall–Kier alpha value is -2.66. The van der Waals surface area contributed by atoms with Crippen LogP contribution >= 0.6 is 0 Å². The second kappa shape index (κ2) is 9.07. The number of hydrogen-bond acceptors (Lipinski definition) is 6. The lowest BCUT2D eigenvalue weighted by Gasteiger charge is -2.30. The fourth-order valence-electron chi connectivity index (χ4n) is 3.59. The molecular formula is C21H23F3N2O5S. The Balaban J connectivity index is 2.10. The molecule has 0 bridgehead atoms. The minimum absolute atomic E-state index is 0.109. The fourth-order valence-corrected chi connectivity index (χ4v) is 4.01. The quantitative estimate of drug-likeness (QED) is 0.391. The van der Waals surface area contributed by atoms with E-state index >= 15 is 0 Å². The van der Waals surface area contributed by atoms with Crippen LogP contribution in [0.15, 0.2) is 30.3 Å². The summed E-state index contributed by atoms with van der Waals surface area (Å²) >= 11 is 0. The summed E-state index contributed by atoms with van der Waals surface area (Å²) in [7, 11) is -6.20. The van der Waals surface area contributed by atoms with Crippen molar-refractivity contribution in [3.05, 3.63) is 41.5 Å². The zero-order valence-corrected chi connectivity index (χ0v) is 18.4. The third kappa shape index (κ3) is 4.31. The molecule has 1 aliphatic rings. The molecule has 2 aromatic rings. The van der Waals surface area contributed by atoms with Gasteiger partial charge in [-0.2, -0.15) is 21.6 Å². The number of unbranched alkanes of at least 4 members (excludes halogenated alkanes) is 2. The standard InChI is InChI=1S/C21H23F3N2O5S/c1-3-5-12-25(13-6-4-2)17-11-10-16-18-14(17)8-7-9-15(18)19(27)26(20(16)28)31-32(29,30)21(22,23)24/h7-11H,3-6,12-13H2,1-2H3. The number of benzene rings is 2. The number of amides is 2. The van der Waals surface area contributed by atoms with Gasteiger partial charge in [0, 0.05) is 29.5 Å². The number of carbonyl (C=O) groups is 2. The fraction of sp³-hybridized carbons (Fsp3) is 0.429. The van der Waals surface area contributed by atoms with Gasteiger partial charge in [-0.15, -0.1) is 9.35 Å². The van der Waals surface area contributed by atoms with Gasteiger partial charge < -0.3 is 4.90 Å². The minimum atomic E-state index is -6.20. The van der Waals surface area contributed by atoms with E-state index in [2.05, 4.69) is 23.0 Å². The molecule has 2 amide bonds. The molecule has 1 heterocycles. The summed E-state index contributed by atoms with van der Waals surface area (Å²) in [6.45, 7) is 5.65. The Morgan fingerprint density at radius 3 is 2.03 bits per heavy atom. The molecule has 0 unspecified atom stereocenters. The van der Waals surface area contributed by atoms with Crippen molar-refractivity contribution < 1.29 is 35.5 Å². The number of alkyl halides is 3. The van der Waals surface area contributed by atoms with Gasteiger partial charge in [0.25, 0.3) is 11.8 Å². The van der Waals surface area contributed by atoms with Crippen molar-refractivity contribution >= 4 is 38.4 Å². The average Bonchev–Trinajstić information content (AvgIpc) is 2.74. The maximum absolute atomic E-state index is 12.8. The second-order valence-corrected chi connectivity index (χ2v) is 8.95. The van der Waals surface area contributed by atoms with E-state index in [1.54, 1.807) is 12.1 Å². The van der Waals surface area contributed by atoms with Crippen LogP contribution in [0.3, 0.4) is 0 Å². The van der Waals surface area contributed by atoms with Crippen LogP contribution in [0.5, 0.6) is 0 Å². The molecule has 11 heteroatoms. The molecule has 0 N–H and O–H groups in total. The smallest absolute Gasteiger partial charge is 0.371 e. The summed E-state index contributed by atoms with van der Waals surface area (Å²) < 4.78 is 65.0. The van der Waals surface area contributed by atoms with Crippen molar-refractivity contribution in [1.82, 2.24) is 5.06 Å². The lowest BCUT2D eigenvalue weighted by molar-refractivity contribution is -0.0761. The molecule has 0 fully saturated rings. The van der Waals surface area contributed by atoms with Crippen molar-refractivity contribution in [3.63, 3.8) is 0 Å². The van der Waals surface area contributed by atoms with Crippen LogP contribution in [-0.2, 0) is 14.4 Å². The molecule has 1 aliphatic heterocycles. The number of anilines is 1. The van der Waals surface area contributed by atoms with Crippen molar-refractivity contribution in [2.24, 2.45) is 0 Å². The molecule has 0 aromatic heterocycles. The highest BCUT2D eigenvalue weighted by Gasteiger charge is 2.51. The van der Waals surface area contributed by atoms with E-state index < -0.39 is 27.4 Å². The summed E-state index contributed by atoms with van der Waals surface area (Å²) in [4.78, 5) is 27.7. The van der Waals surface area contributed by atoms with E-state index in [0.717, 1.165) is 44.5 Å². The summed E-state index contributed by atoms with van der Waals surface area (Å²) in [5.74, 6) is -2.54. The van der Waals surface area contributed by atoms with Gasteiger partial charge in [0.2, 0.25) is 0 Å². The van der Waals surface area contributed by atoms with Gasteiger partial charge in [-0.1, -0.05) is 38.8 Å². The highest BCUT2D eigenvalue weighted by Crippen LogP contribution is 2.37. The van der Waals surface area contributed by atoms with Crippen LogP contribution in [0, 0.1) is 0 Å². The Bertz CT molecular complexity index is 1120. The van der Waals surface area contributed by atoms with E-state index in [-0.39, 0.29) is 21.6 Å². The van der Waals surface area contributed by atoms with Gasteiger partial charge in [0.15, 0.2) is 0 Å². The van der Waals surface area contributed by atoms with E-state index in [1.165, 1.54) is 18.2 Å². The lowest BCUT2D eigenvalue weighted by Crippen LogP contribution is -2.44. The zero-order valence-electron chi connectivity index (χ0n) is 17.6. The second-order valence-electron chi connectivity index (χ2n) is 7.43. The summed E-state index contributed by atoms with van der Waals surface area (Å²) in [6, 6.07) is 7.64. The van der Waals surface area contributed by atoms with Crippen molar-refractivity contribution in [1.29, 1.82) is 0 Å². The number of imide groups is 1. The molecule has 0 atom stereocenters. The minimum Gasteiger partial charge on any atom is -0.371 e. The van der Waals surface area contributed by atoms with E-state index in [4.69, 9.17) is 0 Å². The lowest BCUT2D eigenvalue weighted by atomic mass is 9.93. The predicted octanol–water partition coefficient (Wildman–Crippen LogP) is 4.62. The molecule has 0 aliphatic carbocycles. The van der Waals surface area contributed by atoms with E-state index in [1.807, 2.05) is 0 Å². The third-order valence-corrected chi connectivity index (χ3v) is 6.12. The molecule has 0 saturated carbocycles. The van der Waals surface area contributed by atoms with Crippen LogP contribution in [0.2, 0.25) is 0 Å². The Kier molecular flexibility index (Phi) is 6.80. The van der Waals surface area contributed by atoms with Crippen LogP contribution in [-0.4, -0.2) is 43.9 Å².